The fraction of sp³-hybridized carbons (Fsp3) is 1.00. The molecule has 3 atom stereocenters. The molecule has 0 radical (unpaired) electrons. The first-order valence-corrected chi connectivity index (χ1v) is 6.27. The summed E-state index contributed by atoms with van der Waals surface area (Å²) in [7, 11) is 0. The molecular formula is C12H26N2O. The molecule has 1 saturated heterocycles. The maximum atomic E-state index is 5.55. The molecule has 90 valence electrons. The van der Waals surface area contributed by atoms with E-state index in [1.165, 1.54) is 0 Å². The average molecular weight is 214 g/mol. The predicted molar refractivity (Wildman–Crippen MR) is 64.2 cm³/mol. The molecule has 15 heavy (non-hydrogen) atoms. The minimum absolute atomic E-state index is 0.379. The van der Waals surface area contributed by atoms with Crippen molar-refractivity contribution in [1.29, 1.82) is 0 Å². The molecular weight excluding hydrogens is 188 g/mol. The lowest BCUT2D eigenvalue weighted by atomic mass is 10.1. The zero-order chi connectivity index (χ0) is 11.3. The molecule has 0 aromatic rings. The quantitative estimate of drug-likeness (QED) is 0.725. The van der Waals surface area contributed by atoms with E-state index in [9.17, 15) is 0 Å². The first-order chi connectivity index (χ1) is 7.17. The van der Waals surface area contributed by atoms with Crippen molar-refractivity contribution in [3.8, 4) is 0 Å². The molecule has 0 aromatic heterocycles. The predicted octanol–water partition coefficient (Wildman–Crippen LogP) is 1.48. The van der Waals surface area contributed by atoms with Gasteiger partial charge in [-0.1, -0.05) is 13.8 Å². The van der Waals surface area contributed by atoms with Crippen molar-refractivity contribution in [1.82, 2.24) is 10.2 Å². The molecule has 0 saturated carbocycles. The molecule has 0 amide bonds. The van der Waals surface area contributed by atoms with Gasteiger partial charge in [0.25, 0.3) is 0 Å². The highest BCUT2D eigenvalue weighted by Crippen LogP contribution is 2.13. The number of nitrogens with one attached hydrogen (secondary N) is 1. The van der Waals surface area contributed by atoms with Crippen molar-refractivity contribution in [2.45, 2.75) is 52.3 Å². The lowest BCUT2D eigenvalue weighted by Crippen LogP contribution is -2.46. The second kappa shape index (κ2) is 6.46. The van der Waals surface area contributed by atoms with Crippen LogP contribution in [0.2, 0.25) is 0 Å². The number of ether oxygens (including phenoxy) is 1. The Hall–Kier alpha value is -0.120. The molecule has 1 aliphatic heterocycles. The highest BCUT2D eigenvalue weighted by molar-refractivity contribution is 4.82. The highest BCUT2D eigenvalue weighted by Gasteiger charge is 2.25. The monoisotopic (exact) mass is 214 g/mol. The third-order valence-corrected chi connectivity index (χ3v) is 3.30. The van der Waals surface area contributed by atoms with Gasteiger partial charge in [-0.3, -0.25) is 0 Å². The molecule has 0 bridgehead atoms. The van der Waals surface area contributed by atoms with Gasteiger partial charge in [-0.25, -0.2) is 0 Å². The number of hydrogen-bond acceptors (Lipinski definition) is 3. The summed E-state index contributed by atoms with van der Waals surface area (Å²) in [5.41, 5.74) is 0. The van der Waals surface area contributed by atoms with E-state index in [0.29, 0.717) is 18.2 Å². The van der Waals surface area contributed by atoms with Crippen molar-refractivity contribution in [3.63, 3.8) is 0 Å². The average Bonchev–Trinajstić information content (AvgIpc) is 2.61. The van der Waals surface area contributed by atoms with Crippen LogP contribution in [0, 0.1) is 0 Å². The van der Waals surface area contributed by atoms with Crippen molar-refractivity contribution in [2.75, 3.05) is 26.2 Å². The number of nitrogens with zero attached hydrogens (tertiary/aromatic N) is 1. The normalized spacial score (nSPS) is 28.6. The number of hydrogen-bond donors (Lipinski definition) is 1. The van der Waals surface area contributed by atoms with Gasteiger partial charge in [0.2, 0.25) is 0 Å². The zero-order valence-electron chi connectivity index (χ0n) is 10.6. The lowest BCUT2D eigenvalue weighted by molar-refractivity contribution is 0.109. The van der Waals surface area contributed by atoms with Crippen molar-refractivity contribution in [3.05, 3.63) is 0 Å². The van der Waals surface area contributed by atoms with E-state index in [0.717, 1.165) is 32.7 Å². The van der Waals surface area contributed by atoms with E-state index < -0.39 is 0 Å². The maximum Gasteiger partial charge on any atom is 0.0700 e. The fourth-order valence-electron chi connectivity index (χ4n) is 2.24. The van der Waals surface area contributed by atoms with Gasteiger partial charge in [0.15, 0.2) is 0 Å². The standard InChI is InChI=1S/C12H26N2O/c1-5-14(6-2)9-10(3)13-12-7-8-15-11(12)4/h10-13H,5-9H2,1-4H3. The van der Waals surface area contributed by atoms with E-state index in [1.807, 2.05) is 0 Å². The van der Waals surface area contributed by atoms with E-state index in [2.05, 4.69) is 37.9 Å². The first kappa shape index (κ1) is 12.9. The number of rotatable bonds is 6. The second-order valence-electron chi connectivity index (χ2n) is 4.52. The number of likely N-dealkylation sites (N-methyl/N-ethyl adjacent to an activating group) is 1. The molecule has 1 aliphatic rings. The first-order valence-electron chi connectivity index (χ1n) is 6.27. The highest BCUT2D eigenvalue weighted by atomic mass is 16.5. The van der Waals surface area contributed by atoms with Crippen molar-refractivity contribution in [2.24, 2.45) is 0 Å². The lowest BCUT2D eigenvalue weighted by Gasteiger charge is -2.27. The maximum absolute atomic E-state index is 5.55. The van der Waals surface area contributed by atoms with Gasteiger partial charge in [0, 0.05) is 25.2 Å². The summed E-state index contributed by atoms with van der Waals surface area (Å²) in [6.45, 7) is 13.2. The minimum Gasteiger partial charge on any atom is -0.377 e. The Balaban J connectivity index is 2.25. The Morgan fingerprint density at radius 3 is 2.53 bits per heavy atom. The van der Waals surface area contributed by atoms with Gasteiger partial charge in [-0.05, 0) is 33.4 Å². The van der Waals surface area contributed by atoms with Crippen molar-refractivity contribution < 1.29 is 4.74 Å². The molecule has 3 heteroatoms. The Morgan fingerprint density at radius 1 is 1.40 bits per heavy atom. The molecule has 1 heterocycles. The van der Waals surface area contributed by atoms with E-state index >= 15 is 0 Å². The van der Waals surface area contributed by atoms with Gasteiger partial charge in [0.05, 0.1) is 6.10 Å². The molecule has 1 fully saturated rings. The fourth-order valence-corrected chi connectivity index (χ4v) is 2.24. The molecule has 3 nitrogen and oxygen atoms in total. The van der Waals surface area contributed by atoms with Crippen molar-refractivity contribution >= 4 is 0 Å². The summed E-state index contributed by atoms with van der Waals surface area (Å²) in [6.07, 6.45) is 1.54. The van der Waals surface area contributed by atoms with Crippen LogP contribution in [0.4, 0.5) is 0 Å². The molecule has 0 spiro atoms. The smallest absolute Gasteiger partial charge is 0.0700 e. The van der Waals surface area contributed by atoms with Crippen LogP contribution < -0.4 is 5.32 Å². The molecule has 1 rings (SSSR count). The van der Waals surface area contributed by atoms with Crippen LogP contribution in [0.1, 0.15) is 34.1 Å². The van der Waals surface area contributed by atoms with E-state index in [1.54, 1.807) is 0 Å². The second-order valence-corrected chi connectivity index (χ2v) is 4.52. The largest absolute Gasteiger partial charge is 0.377 e. The summed E-state index contributed by atoms with van der Waals surface area (Å²) in [4.78, 5) is 2.46. The molecule has 0 aliphatic carbocycles. The van der Waals surface area contributed by atoms with Crippen LogP contribution >= 0.6 is 0 Å². The Labute approximate surface area is 94.2 Å². The van der Waals surface area contributed by atoms with Crippen LogP contribution in [0.15, 0.2) is 0 Å². The van der Waals surface area contributed by atoms with E-state index in [-0.39, 0.29) is 0 Å². The van der Waals surface area contributed by atoms with E-state index in [4.69, 9.17) is 4.74 Å². The molecule has 0 aromatic carbocycles. The zero-order valence-corrected chi connectivity index (χ0v) is 10.6. The Bertz CT molecular complexity index is 171. The van der Waals surface area contributed by atoms with Gasteiger partial charge >= 0.3 is 0 Å². The van der Waals surface area contributed by atoms with Crippen LogP contribution in [-0.2, 0) is 4.74 Å². The SMILES string of the molecule is CCN(CC)CC(C)NC1CCOC1C. The topological polar surface area (TPSA) is 24.5 Å². The minimum atomic E-state index is 0.379. The molecule has 1 N–H and O–H groups in total. The summed E-state index contributed by atoms with van der Waals surface area (Å²) < 4.78 is 5.55. The Kier molecular flexibility index (Phi) is 5.58. The third-order valence-electron chi connectivity index (χ3n) is 3.30. The van der Waals surface area contributed by atoms with Gasteiger partial charge < -0.3 is 15.0 Å². The van der Waals surface area contributed by atoms with Gasteiger partial charge in [0.1, 0.15) is 0 Å². The summed E-state index contributed by atoms with van der Waals surface area (Å²) in [5, 5.41) is 3.66. The summed E-state index contributed by atoms with van der Waals surface area (Å²) >= 11 is 0. The molecule has 3 unspecified atom stereocenters. The summed E-state index contributed by atoms with van der Waals surface area (Å²) in [5.74, 6) is 0. The van der Waals surface area contributed by atoms with Crippen LogP contribution in [0.5, 0.6) is 0 Å². The summed E-state index contributed by atoms with van der Waals surface area (Å²) in [6, 6.07) is 1.11. The Morgan fingerprint density at radius 2 is 2.07 bits per heavy atom. The van der Waals surface area contributed by atoms with Crippen LogP contribution in [0.3, 0.4) is 0 Å². The van der Waals surface area contributed by atoms with Crippen LogP contribution in [-0.4, -0.2) is 49.3 Å². The van der Waals surface area contributed by atoms with Crippen LogP contribution in [0.25, 0.3) is 0 Å². The van der Waals surface area contributed by atoms with Gasteiger partial charge in [-0.15, -0.1) is 0 Å². The third kappa shape index (κ3) is 4.09. The van der Waals surface area contributed by atoms with Gasteiger partial charge in [-0.2, -0.15) is 0 Å².